The van der Waals surface area contributed by atoms with Gasteiger partial charge in [0.05, 0.1) is 29.1 Å². The lowest BCUT2D eigenvalue weighted by Gasteiger charge is -2.22. The summed E-state index contributed by atoms with van der Waals surface area (Å²) in [5.41, 5.74) is 3.61. The van der Waals surface area contributed by atoms with E-state index in [0.717, 1.165) is 22.3 Å². The van der Waals surface area contributed by atoms with E-state index in [0.29, 0.717) is 0 Å². The van der Waals surface area contributed by atoms with Gasteiger partial charge in [-0.3, -0.25) is 9.78 Å². The molecule has 1 amide bonds. The Morgan fingerprint density at radius 2 is 1.67 bits per heavy atom. The summed E-state index contributed by atoms with van der Waals surface area (Å²) in [5.74, 6) is -0.0855. The van der Waals surface area contributed by atoms with Crippen LogP contribution in [0.5, 0.6) is 0 Å². The third-order valence-corrected chi connectivity index (χ3v) is 4.68. The molecule has 2 heterocycles. The first-order valence-electron chi connectivity index (χ1n) is 8.92. The number of carbonyl (C=O) groups is 1. The molecule has 134 valence electrons. The highest BCUT2D eigenvalue weighted by Gasteiger charge is 2.23. The van der Waals surface area contributed by atoms with E-state index >= 15 is 0 Å². The van der Waals surface area contributed by atoms with E-state index in [1.54, 1.807) is 12.5 Å². The molecule has 0 bridgehead atoms. The molecule has 1 N–H and O–H groups in total. The number of hydrogen-bond donors (Lipinski definition) is 1. The average molecular weight is 356 g/mol. The highest BCUT2D eigenvalue weighted by Crippen LogP contribution is 2.22. The zero-order valence-electron chi connectivity index (χ0n) is 15.0. The Morgan fingerprint density at radius 3 is 2.44 bits per heavy atom. The fourth-order valence-corrected chi connectivity index (χ4v) is 3.20. The minimum absolute atomic E-state index is 0.0855. The molecule has 0 aliphatic heterocycles. The zero-order valence-corrected chi connectivity index (χ0v) is 15.0. The first-order chi connectivity index (χ1) is 13.2. The van der Waals surface area contributed by atoms with Crippen LogP contribution >= 0.6 is 0 Å². The van der Waals surface area contributed by atoms with Crippen LogP contribution in [0.1, 0.15) is 30.3 Å². The molecule has 4 aromatic rings. The highest BCUT2D eigenvalue weighted by atomic mass is 16.2. The van der Waals surface area contributed by atoms with Gasteiger partial charge in [0, 0.05) is 6.20 Å². The Morgan fingerprint density at radius 1 is 0.926 bits per heavy atom. The summed E-state index contributed by atoms with van der Waals surface area (Å²) in [6, 6.07) is 22.7. The molecule has 0 aliphatic rings. The molecule has 0 saturated carbocycles. The Hall–Kier alpha value is -3.47. The Kier molecular flexibility index (Phi) is 4.66. The first kappa shape index (κ1) is 17.0. The van der Waals surface area contributed by atoms with Crippen LogP contribution in [0.2, 0.25) is 0 Å². The molecule has 0 fully saturated rings. The molecule has 27 heavy (non-hydrogen) atoms. The summed E-state index contributed by atoms with van der Waals surface area (Å²) in [7, 11) is 0. The van der Waals surface area contributed by atoms with Gasteiger partial charge in [-0.25, -0.2) is 4.98 Å². The highest BCUT2D eigenvalue weighted by molar-refractivity contribution is 5.84. The second-order valence-electron chi connectivity index (χ2n) is 6.42. The second kappa shape index (κ2) is 7.41. The van der Waals surface area contributed by atoms with Crippen molar-refractivity contribution in [2.24, 2.45) is 0 Å². The van der Waals surface area contributed by atoms with Gasteiger partial charge in [-0.05, 0) is 36.8 Å². The lowest BCUT2D eigenvalue weighted by molar-refractivity contribution is -0.124. The minimum atomic E-state index is -0.396. The molecule has 2 aromatic heterocycles. The summed E-state index contributed by atoms with van der Waals surface area (Å²) in [6.07, 6.45) is 3.46. The van der Waals surface area contributed by atoms with Crippen LogP contribution < -0.4 is 5.32 Å². The molecule has 0 saturated heterocycles. The summed E-state index contributed by atoms with van der Waals surface area (Å²) in [4.78, 5) is 21.9. The number of nitrogens with zero attached hydrogens (tertiary/aromatic N) is 3. The van der Waals surface area contributed by atoms with Gasteiger partial charge < -0.3 is 9.88 Å². The van der Waals surface area contributed by atoms with E-state index in [2.05, 4.69) is 15.3 Å². The second-order valence-corrected chi connectivity index (χ2v) is 6.42. The molecule has 4 rings (SSSR count). The number of amides is 1. The van der Waals surface area contributed by atoms with Crippen LogP contribution in [0, 0.1) is 0 Å². The van der Waals surface area contributed by atoms with Gasteiger partial charge in [-0.1, -0.05) is 48.5 Å². The van der Waals surface area contributed by atoms with Crippen molar-refractivity contribution >= 4 is 16.9 Å². The molecule has 0 unspecified atom stereocenters. The van der Waals surface area contributed by atoms with Crippen LogP contribution in [-0.2, 0) is 4.79 Å². The predicted octanol–water partition coefficient (Wildman–Crippen LogP) is 3.90. The van der Waals surface area contributed by atoms with Gasteiger partial charge in [0.1, 0.15) is 6.04 Å². The number of para-hydroxylation sites is 2. The number of aromatic nitrogens is 3. The Labute approximate surface area is 157 Å². The molecular formula is C22H20N4O. The van der Waals surface area contributed by atoms with Gasteiger partial charge >= 0.3 is 0 Å². The maximum absolute atomic E-state index is 13.1. The molecule has 0 aliphatic carbocycles. The van der Waals surface area contributed by atoms with Crippen LogP contribution in [-0.4, -0.2) is 20.4 Å². The molecule has 0 spiro atoms. The molecular weight excluding hydrogens is 336 g/mol. The molecule has 5 heteroatoms. The van der Waals surface area contributed by atoms with Gasteiger partial charge in [0.15, 0.2) is 0 Å². The summed E-state index contributed by atoms with van der Waals surface area (Å²) in [6.45, 7) is 1.88. The van der Waals surface area contributed by atoms with Crippen molar-refractivity contribution in [1.29, 1.82) is 0 Å². The third-order valence-electron chi connectivity index (χ3n) is 4.68. The first-order valence-corrected chi connectivity index (χ1v) is 8.92. The minimum Gasteiger partial charge on any atom is -0.342 e. The van der Waals surface area contributed by atoms with Crippen molar-refractivity contribution in [2.45, 2.75) is 19.0 Å². The number of benzene rings is 2. The lowest BCUT2D eigenvalue weighted by atomic mass is 10.0. The predicted molar refractivity (Wildman–Crippen MR) is 105 cm³/mol. The van der Waals surface area contributed by atoms with Crippen LogP contribution in [0.25, 0.3) is 11.0 Å². The van der Waals surface area contributed by atoms with Crippen LogP contribution in [0.4, 0.5) is 0 Å². The van der Waals surface area contributed by atoms with E-state index in [4.69, 9.17) is 0 Å². The SMILES string of the molecule is C[C@H](C(=O)N[C@@H](c1ccccc1)c1ccccn1)n1cnc2ccccc21. The number of pyridine rings is 1. The van der Waals surface area contributed by atoms with Crippen LogP contribution in [0.3, 0.4) is 0 Å². The number of imidazole rings is 1. The van der Waals surface area contributed by atoms with E-state index in [-0.39, 0.29) is 11.9 Å². The normalized spacial score (nSPS) is 13.2. The summed E-state index contributed by atoms with van der Waals surface area (Å²) in [5, 5.41) is 3.15. The maximum Gasteiger partial charge on any atom is 0.243 e. The number of carbonyl (C=O) groups excluding carboxylic acids is 1. The van der Waals surface area contributed by atoms with E-state index in [9.17, 15) is 4.79 Å². The van der Waals surface area contributed by atoms with Gasteiger partial charge in [0.2, 0.25) is 5.91 Å². The Balaban J connectivity index is 1.64. The number of nitrogens with one attached hydrogen (secondary N) is 1. The van der Waals surface area contributed by atoms with Gasteiger partial charge in [-0.2, -0.15) is 0 Å². The van der Waals surface area contributed by atoms with Crippen molar-refractivity contribution in [1.82, 2.24) is 19.9 Å². The fourth-order valence-electron chi connectivity index (χ4n) is 3.20. The molecule has 2 atom stereocenters. The fraction of sp³-hybridized carbons (Fsp3) is 0.136. The lowest BCUT2D eigenvalue weighted by Crippen LogP contribution is -2.35. The van der Waals surface area contributed by atoms with E-state index in [1.165, 1.54) is 0 Å². The van der Waals surface area contributed by atoms with Crippen molar-refractivity contribution in [2.75, 3.05) is 0 Å². The summed E-state index contributed by atoms with van der Waals surface area (Å²) >= 11 is 0. The van der Waals surface area contributed by atoms with Crippen molar-refractivity contribution in [3.05, 3.63) is 96.6 Å². The topological polar surface area (TPSA) is 59.8 Å². The zero-order chi connectivity index (χ0) is 18.6. The van der Waals surface area contributed by atoms with Crippen molar-refractivity contribution in [3.8, 4) is 0 Å². The largest absolute Gasteiger partial charge is 0.342 e. The average Bonchev–Trinajstić information content (AvgIpc) is 3.16. The van der Waals surface area contributed by atoms with Crippen molar-refractivity contribution < 1.29 is 4.79 Å². The van der Waals surface area contributed by atoms with E-state index in [1.807, 2.05) is 84.3 Å². The smallest absolute Gasteiger partial charge is 0.243 e. The Bertz CT molecular complexity index is 1000. The monoisotopic (exact) mass is 356 g/mol. The number of hydrogen-bond acceptors (Lipinski definition) is 3. The molecule has 2 aromatic carbocycles. The van der Waals surface area contributed by atoms with Crippen LogP contribution in [0.15, 0.2) is 85.3 Å². The van der Waals surface area contributed by atoms with Gasteiger partial charge in [0.25, 0.3) is 0 Å². The third kappa shape index (κ3) is 3.44. The van der Waals surface area contributed by atoms with Crippen molar-refractivity contribution in [3.63, 3.8) is 0 Å². The van der Waals surface area contributed by atoms with E-state index < -0.39 is 6.04 Å². The molecule has 5 nitrogen and oxygen atoms in total. The van der Waals surface area contributed by atoms with Gasteiger partial charge in [-0.15, -0.1) is 0 Å². The molecule has 0 radical (unpaired) electrons. The number of rotatable bonds is 5. The standard InChI is InChI=1S/C22H20N4O/c1-16(26-15-24-18-11-5-6-13-20(18)26)22(27)25-21(17-9-3-2-4-10-17)19-12-7-8-14-23-19/h2-16,21H,1H3,(H,25,27)/t16-,21+/m1/s1. The summed E-state index contributed by atoms with van der Waals surface area (Å²) < 4.78 is 1.89. The quantitative estimate of drug-likeness (QED) is 0.590. The maximum atomic E-state index is 13.1. The number of fused-ring (bicyclic) bond motifs is 1.